The average molecular weight is 383 g/mol. The number of aryl methyl sites for hydroxylation is 3. The summed E-state index contributed by atoms with van der Waals surface area (Å²) in [6.07, 6.45) is 0. The number of rotatable bonds is 5. The molecular formula is C24H22AlNO2+. The predicted molar refractivity (Wildman–Crippen MR) is 113 cm³/mol. The topological polar surface area (TPSA) is 22.3 Å². The largest absolute Gasteiger partial charge is 0.882 e. The number of para-hydroxylation sites is 1. The van der Waals surface area contributed by atoms with Gasteiger partial charge in [-0.1, -0.05) is 48.5 Å². The molecule has 0 atom stereocenters. The number of pyridine rings is 1. The molecule has 4 aromatic rings. The zero-order chi connectivity index (χ0) is 19.5. The smallest absolute Gasteiger partial charge is 0.616 e. The van der Waals surface area contributed by atoms with Gasteiger partial charge in [0.05, 0.1) is 11.1 Å². The van der Waals surface area contributed by atoms with Crippen molar-refractivity contribution in [3.05, 3.63) is 90.1 Å². The van der Waals surface area contributed by atoms with E-state index in [1.165, 1.54) is 27.8 Å². The van der Waals surface area contributed by atoms with Crippen molar-refractivity contribution in [3.63, 3.8) is 0 Å². The molecule has 3 nitrogen and oxygen atoms in total. The lowest BCUT2D eigenvalue weighted by Crippen LogP contribution is -2.33. The minimum absolute atomic E-state index is 0.656. The molecule has 1 aromatic heterocycles. The highest BCUT2D eigenvalue weighted by molar-refractivity contribution is 6.21. The molecule has 0 fully saturated rings. The first-order chi connectivity index (χ1) is 13.6. The molecule has 3 aromatic carbocycles. The lowest BCUT2D eigenvalue weighted by Gasteiger charge is -2.11. The molecule has 0 amide bonds. The van der Waals surface area contributed by atoms with Crippen LogP contribution >= 0.6 is 0 Å². The Bertz CT molecular complexity index is 1110. The summed E-state index contributed by atoms with van der Waals surface area (Å²) in [5.74, 6) is 1.69. The molecule has 4 rings (SSSR count). The first kappa shape index (κ1) is 18.6. The van der Waals surface area contributed by atoms with Crippen LogP contribution in [0.15, 0.2) is 78.9 Å². The van der Waals surface area contributed by atoms with E-state index in [1.807, 2.05) is 42.5 Å². The van der Waals surface area contributed by atoms with Crippen molar-refractivity contribution in [2.75, 3.05) is 0 Å². The molecule has 0 aliphatic heterocycles. The van der Waals surface area contributed by atoms with Crippen LogP contribution in [0.5, 0.6) is 11.5 Å². The van der Waals surface area contributed by atoms with Gasteiger partial charge in [0.1, 0.15) is 7.05 Å². The van der Waals surface area contributed by atoms with E-state index in [0.29, 0.717) is 0 Å². The van der Waals surface area contributed by atoms with Crippen molar-refractivity contribution in [1.29, 1.82) is 0 Å². The second kappa shape index (κ2) is 8.06. The molecule has 1 heterocycles. The summed E-state index contributed by atoms with van der Waals surface area (Å²) in [7, 11) is 2.07. The molecule has 0 N–H and O–H groups in total. The van der Waals surface area contributed by atoms with Crippen molar-refractivity contribution in [2.24, 2.45) is 7.05 Å². The summed E-state index contributed by atoms with van der Waals surface area (Å²) in [5, 5.41) is 1.21. The summed E-state index contributed by atoms with van der Waals surface area (Å²) in [6.45, 7) is 4.25. The number of fused-ring (bicyclic) bond motifs is 1. The van der Waals surface area contributed by atoms with Gasteiger partial charge in [-0.2, -0.15) is 4.57 Å². The highest BCUT2D eigenvalue weighted by Gasteiger charge is 2.18. The number of nitrogens with zero attached hydrogens (tertiary/aromatic N) is 1. The van der Waals surface area contributed by atoms with Gasteiger partial charge in [0.25, 0.3) is 5.52 Å². The third-order valence-electron chi connectivity index (χ3n) is 5.03. The molecule has 0 saturated heterocycles. The van der Waals surface area contributed by atoms with Crippen LogP contribution in [0.1, 0.15) is 11.3 Å². The molecule has 0 unspecified atom stereocenters. The summed E-state index contributed by atoms with van der Waals surface area (Å²) >= 11 is -0.656. The van der Waals surface area contributed by atoms with E-state index in [1.54, 1.807) is 0 Å². The van der Waals surface area contributed by atoms with Crippen molar-refractivity contribution >= 4 is 26.8 Å². The van der Waals surface area contributed by atoms with Gasteiger partial charge in [0, 0.05) is 13.0 Å². The van der Waals surface area contributed by atoms with Gasteiger partial charge >= 0.3 is 15.9 Å². The van der Waals surface area contributed by atoms with Crippen molar-refractivity contribution in [2.45, 2.75) is 13.8 Å². The SMILES string of the molecule is Cc1cc(C)[n+](C)c2c([O][Al][O]c3ccc(-c4ccccc4)cc3)cccc12. The highest BCUT2D eigenvalue weighted by atomic mass is 27.2. The van der Waals surface area contributed by atoms with Gasteiger partial charge in [-0.25, -0.2) is 0 Å². The molecule has 0 bridgehead atoms. The Morgan fingerprint density at radius 2 is 1.46 bits per heavy atom. The van der Waals surface area contributed by atoms with Gasteiger partial charge in [0.2, 0.25) is 0 Å². The Balaban J connectivity index is 1.49. The van der Waals surface area contributed by atoms with Crippen LogP contribution in [0, 0.1) is 13.8 Å². The van der Waals surface area contributed by atoms with Crippen LogP contribution in [0.4, 0.5) is 0 Å². The fourth-order valence-electron chi connectivity index (χ4n) is 3.43. The van der Waals surface area contributed by atoms with Crippen molar-refractivity contribution in [3.8, 4) is 22.6 Å². The van der Waals surface area contributed by atoms with Crippen LogP contribution in [-0.4, -0.2) is 15.9 Å². The average Bonchev–Trinajstić information content (AvgIpc) is 2.73. The standard InChI is InChI=1S/C12H13NO.C12H10O.Al/c1-8-7-9(2)13(3)12-10(8)5-4-6-11(12)14;13-12-8-6-11(7-9-12)10-4-2-1-3-5-10;/h4-7H,1-3H3;1-9,13H;/q;;+2/p-1. The van der Waals surface area contributed by atoms with E-state index in [2.05, 4.69) is 61.9 Å². The van der Waals surface area contributed by atoms with E-state index in [9.17, 15) is 0 Å². The third kappa shape index (κ3) is 3.75. The fourth-order valence-corrected chi connectivity index (χ4v) is 4.04. The Labute approximate surface area is 172 Å². The highest BCUT2D eigenvalue weighted by Crippen LogP contribution is 2.26. The van der Waals surface area contributed by atoms with Gasteiger partial charge in [-0.05, 0) is 47.9 Å². The summed E-state index contributed by atoms with van der Waals surface area (Å²) < 4.78 is 14.1. The van der Waals surface area contributed by atoms with Crippen molar-refractivity contribution in [1.82, 2.24) is 0 Å². The summed E-state index contributed by atoms with van der Waals surface area (Å²) in [5.41, 5.74) is 5.94. The fraction of sp³-hybridized carbons (Fsp3) is 0.125. The van der Waals surface area contributed by atoms with Gasteiger partial charge in [-0.15, -0.1) is 0 Å². The molecule has 137 valence electrons. The van der Waals surface area contributed by atoms with Crippen LogP contribution in [0.25, 0.3) is 22.0 Å². The molecule has 4 heteroatoms. The Hall–Kier alpha value is -2.80. The van der Waals surface area contributed by atoms with E-state index in [-0.39, 0.29) is 0 Å². The quantitative estimate of drug-likeness (QED) is 0.360. The van der Waals surface area contributed by atoms with E-state index < -0.39 is 15.9 Å². The van der Waals surface area contributed by atoms with Gasteiger partial charge in [-0.3, -0.25) is 0 Å². The molecule has 0 aliphatic carbocycles. The second-order valence-electron chi connectivity index (χ2n) is 6.90. The Morgan fingerprint density at radius 1 is 0.750 bits per heavy atom. The first-order valence-electron chi connectivity index (χ1n) is 9.33. The van der Waals surface area contributed by atoms with Crippen LogP contribution in [0.2, 0.25) is 0 Å². The van der Waals surface area contributed by atoms with Crippen LogP contribution in [-0.2, 0) is 7.05 Å². The lowest BCUT2D eigenvalue weighted by atomic mass is 10.1. The maximum atomic E-state index is 6.07. The number of benzene rings is 3. The number of hydrogen-bond acceptors (Lipinski definition) is 2. The monoisotopic (exact) mass is 383 g/mol. The molecule has 0 aliphatic rings. The lowest BCUT2D eigenvalue weighted by molar-refractivity contribution is -0.651. The minimum atomic E-state index is -0.656. The van der Waals surface area contributed by atoms with Gasteiger partial charge in [0.15, 0.2) is 11.4 Å². The Kier molecular flexibility index (Phi) is 5.34. The van der Waals surface area contributed by atoms with Crippen molar-refractivity contribution < 1.29 is 12.1 Å². The zero-order valence-corrected chi connectivity index (χ0v) is 17.5. The molecule has 28 heavy (non-hydrogen) atoms. The minimum Gasteiger partial charge on any atom is -0.616 e. The van der Waals surface area contributed by atoms with E-state index in [4.69, 9.17) is 7.58 Å². The van der Waals surface area contributed by atoms with Crippen LogP contribution < -0.4 is 12.1 Å². The molecule has 1 radical (unpaired) electrons. The van der Waals surface area contributed by atoms with E-state index >= 15 is 0 Å². The third-order valence-corrected chi connectivity index (χ3v) is 5.75. The normalized spacial score (nSPS) is 10.7. The molecule has 0 spiro atoms. The van der Waals surface area contributed by atoms with Crippen LogP contribution in [0.3, 0.4) is 0 Å². The zero-order valence-electron chi connectivity index (χ0n) is 16.3. The van der Waals surface area contributed by atoms with Gasteiger partial charge < -0.3 is 7.58 Å². The predicted octanol–water partition coefficient (Wildman–Crippen LogP) is 4.94. The maximum Gasteiger partial charge on any atom is 0.882 e. The Morgan fingerprint density at radius 3 is 2.21 bits per heavy atom. The van der Waals surface area contributed by atoms with E-state index in [0.717, 1.165) is 17.0 Å². The first-order valence-corrected chi connectivity index (χ1v) is 10.3. The summed E-state index contributed by atoms with van der Waals surface area (Å²) in [4.78, 5) is 0. The maximum absolute atomic E-state index is 6.07. The summed E-state index contributed by atoms with van der Waals surface area (Å²) in [6, 6.07) is 26.9. The number of hydrogen-bond donors (Lipinski definition) is 0. The second-order valence-corrected chi connectivity index (χ2v) is 7.57. The number of aromatic nitrogens is 1. The molecule has 0 saturated carbocycles. The molecular weight excluding hydrogens is 361 g/mol.